The number of aromatic amines is 1. The van der Waals surface area contributed by atoms with Crippen LogP contribution in [0.15, 0.2) is 73.2 Å². The molecule has 3 aromatic heterocycles. The Balaban J connectivity index is 1.43. The summed E-state index contributed by atoms with van der Waals surface area (Å²) in [6.07, 6.45) is 5.00. The number of halogens is 1. The van der Waals surface area contributed by atoms with Gasteiger partial charge in [0.15, 0.2) is 0 Å². The second-order valence-corrected chi connectivity index (χ2v) is 6.39. The lowest BCUT2D eigenvalue weighted by molar-refractivity contribution is 0.262. The van der Waals surface area contributed by atoms with Crippen LogP contribution in [-0.4, -0.2) is 26.0 Å². The summed E-state index contributed by atoms with van der Waals surface area (Å²) in [6, 6.07) is 15.8. The number of aromatic nitrogens is 4. The van der Waals surface area contributed by atoms with Gasteiger partial charge in [0.1, 0.15) is 5.15 Å². The van der Waals surface area contributed by atoms with Gasteiger partial charge in [-0.1, -0.05) is 17.7 Å². The number of H-pyrrole nitrogens is 1. The Hall–Kier alpha value is -3.91. The van der Waals surface area contributed by atoms with Crippen LogP contribution >= 0.6 is 11.6 Å². The number of hydrogen-bond donors (Lipinski definition) is 4. The van der Waals surface area contributed by atoms with Gasteiger partial charge < -0.3 is 20.9 Å². The molecule has 9 heteroatoms. The van der Waals surface area contributed by atoms with Crippen LogP contribution in [0.4, 0.5) is 27.8 Å². The number of pyridine rings is 1. The number of urea groups is 1. The number of hydrogen-bond acceptors (Lipinski definition) is 5. The molecule has 0 saturated heterocycles. The lowest BCUT2D eigenvalue weighted by Gasteiger charge is -2.10. The topological polar surface area (TPSA) is 108 Å². The second-order valence-electron chi connectivity index (χ2n) is 6.00. The number of benzene rings is 1. The average Bonchev–Trinajstić information content (AvgIpc) is 3.25. The van der Waals surface area contributed by atoms with Crippen molar-refractivity contribution in [2.75, 3.05) is 16.0 Å². The molecule has 0 fully saturated rings. The maximum Gasteiger partial charge on any atom is 0.323 e. The van der Waals surface area contributed by atoms with Crippen LogP contribution in [0.2, 0.25) is 5.15 Å². The van der Waals surface area contributed by atoms with Gasteiger partial charge in [0.25, 0.3) is 0 Å². The third-order valence-corrected chi connectivity index (χ3v) is 4.11. The molecule has 0 spiro atoms. The highest BCUT2D eigenvalue weighted by Gasteiger charge is 2.06. The lowest BCUT2D eigenvalue weighted by Crippen LogP contribution is -2.19. The van der Waals surface area contributed by atoms with Crippen LogP contribution in [-0.2, 0) is 0 Å². The molecule has 144 valence electrons. The molecule has 8 nitrogen and oxygen atoms in total. The van der Waals surface area contributed by atoms with Gasteiger partial charge in [0.05, 0.1) is 23.3 Å². The van der Waals surface area contributed by atoms with Crippen molar-refractivity contribution in [1.82, 2.24) is 19.9 Å². The maximum absolute atomic E-state index is 12.2. The van der Waals surface area contributed by atoms with E-state index in [0.717, 1.165) is 17.1 Å². The highest BCUT2D eigenvalue weighted by Crippen LogP contribution is 2.20. The summed E-state index contributed by atoms with van der Waals surface area (Å²) >= 11 is 5.74. The van der Waals surface area contributed by atoms with Crippen molar-refractivity contribution in [3.05, 3.63) is 78.3 Å². The van der Waals surface area contributed by atoms with E-state index in [2.05, 4.69) is 35.9 Å². The van der Waals surface area contributed by atoms with Gasteiger partial charge in [-0.15, -0.1) is 0 Å². The fourth-order valence-electron chi connectivity index (χ4n) is 2.61. The van der Waals surface area contributed by atoms with E-state index in [1.54, 1.807) is 30.5 Å². The monoisotopic (exact) mass is 405 g/mol. The summed E-state index contributed by atoms with van der Waals surface area (Å²) < 4.78 is 0. The van der Waals surface area contributed by atoms with Gasteiger partial charge in [-0.3, -0.25) is 0 Å². The van der Waals surface area contributed by atoms with Crippen LogP contribution in [0.1, 0.15) is 0 Å². The normalized spacial score (nSPS) is 10.4. The summed E-state index contributed by atoms with van der Waals surface area (Å²) in [7, 11) is 0. The molecule has 29 heavy (non-hydrogen) atoms. The summed E-state index contributed by atoms with van der Waals surface area (Å²) in [5, 5.41) is 8.96. The van der Waals surface area contributed by atoms with Gasteiger partial charge in [0.2, 0.25) is 5.95 Å². The minimum Gasteiger partial charge on any atom is -0.360 e. The minimum atomic E-state index is -0.392. The van der Waals surface area contributed by atoms with Crippen LogP contribution in [0.5, 0.6) is 0 Å². The number of rotatable bonds is 5. The molecule has 0 atom stereocenters. The Morgan fingerprint density at radius 3 is 2.59 bits per heavy atom. The summed E-state index contributed by atoms with van der Waals surface area (Å²) in [4.78, 5) is 28.0. The number of carbonyl (C=O) groups is 1. The Morgan fingerprint density at radius 1 is 0.931 bits per heavy atom. The fourth-order valence-corrected chi connectivity index (χ4v) is 2.72. The first-order chi connectivity index (χ1) is 14.2. The van der Waals surface area contributed by atoms with E-state index in [1.807, 2.05) is 36.5 Å². The number of nitrogens with one attached hydrogen (secondary N) is 4. The fraction of sp³-hybridized carbons (Fsp3) is 0. The SMILES string of the molecule is O=C(Nc1ccc(Cl)nc1)Nc1cccc(Nc2nccc(-c3ccc[nH]3)n2)c1. The Morgan fingerprint density at radius 2 is 1.79 bits per heavy atom. The van der Waals surface area contributed by atoms with Crippen LogP contribution in [0.25, 0.3) is 11.4 Å². The zero-order valence-electron chi connectivity index (χ0n) is 15.1. The van der Waals surface area contributed by atoms with Crippen LogP contribution in [0, 0.1) is 0 Å². The molecule has 0 aliphatic rings. The van der Waals surface area contributed by atoms with Crippen molar-refractivity contribution in [2.24, 2.45) is 0 Å². The van der Waals surface area contributed by atoms with Gasteiger partial charge in [-0.2, -0.15) is 0 Å². The highest BCUT2D eigenvalue weighted by atomic mass is 35.5. The number of nitrogens with zero attached hydrogens (tertiary/aromatic N) is 3. The predicted octanol–water partition coefficient (Wildman–Crippen LogP) is 4.91. The van der Waals surface area contributed by atoms with Crippen LogP contribution in [0.3, 0.4) is 0 Å². The van der Waals surface area contributed by atoms with E-state index in [0.29, 0.717) is 22.5 Å². The summed E-state index contributed by atoms with van der Waals surface area (Å²) in [5.74, 6) is 0.450. The predicted molar refractivity (Wildman–Crippen MR) is 113 cm³/mol. The molecule has 3 heterocycles. The van der Waals surface area contributed by atoms with Gasteiger partial charge in [-0.25, -0.2) is 19.7 Å². The molecule has 4 N–H and O–H groups in total. The van der Waals surface area contributed by atoms with E-state index in [9.17, 15) is 4.79 Å². The zero-order chi connectivity index (χ0) is 20.1. The summed E-state index contributed by atoms with van der Waals surface area (Å²) in [6.45, 7) is 0. The van der Waals surface area contributed by atoms with E-state index >= 15 is 0 Å². The Labute approximate surface area is 171 Å². The lowest BCUT2D eigenvalue weighted by atomic mass is 10.2. The minimum absolute atomic E-state index is 0.359. The third kappa shape index (κ3) is 4.88. The Bertz CT molecular complexity index is 1110. The molecule has 0 aliphatic heterocycles. The third-order valence-electron chi connectivity index (χ3n) is 3.89. The molecule has 0 aliphatic carbocycles. The largest absolute Gasteiger partial charge is 0.360 e. The molecule has 0 saturated carbocycles. The number of carbonyl (C=O) groups excluding carboxylic acids is 1. The van der Waals surface area contributed by atoms with Crippen molar-refractivity contribution in [1.29, 1.82) is 0 Å². The molecule has 0 radical (unpaired) electrons. The number of amides is 2. The van der Waals surface area contributed by atoms with Crippen molar-refractivity contribution in [3.63, 3.8) is 0 Å². The first-order valence-corrected chi connectivity index (χ1v) is 9.07. The van der Waals surface area contributed by atoms with Crippen LogP contribution < -0.4 is 16.0 Å². The molecule has 1 aromatic carbocycles. The standard InChI is InChI=1S/C20H16ClN7O/c21-18-7-6-15(12-24-18)27-20(29)26-14-4-1-3-13(11-14)25-19-23-10-8-17(28-19)16-5-2-9-22-16/h1-12,22H,(H,23,25,28)(H2,26,27,29). The molecule has 2 amide bonds. The van der Waals surface area contributed by atoms with Crippen molar-refractivity contribution >= 4 is 40.6 Å². The first-order valence-electron chi connectivity index (χ1n) is 8.69. The number of anilines is 4. The molecular formula is C20H16ClN7O. The van der Waals surface area contributed by atoms with Crippen molar-refractivity contribution in [2.45, 2.75) is 0 Å². The first kappa shape index (κ1) is 18.5. The second kappa shape index (κ2) is 8.41. The van der Waals surface area contributed by atoms with Crippen molar-refractivity contribution < 1.29 is 4.79 Å². The quantitative estimate of drug-likeness (QED) is 0.353. The van der Waals surface area contributed by atoms with Gasteiger partial charge in [-0.05, 0) is 48.5 Å². The molecule has 4 rings (SSSR count). The molecule has 0 unspecified atom stereocenters. The Kier molecular flexibility index (Phi) is 5.35. The molecule has 4 aromatic rings. The van der Waals surface area contributed by atoms with E-state index in [4.69, 9.17) is 11.6 Å². The molecular weight excluding hydrogens is 390 g/mol. The van der Waals surface area contributed by atoms with Gasteiger partial charge in [0, 0.05) is 23.8 Å². The summed E-state index contributed by atoms with van der Waals surface area (Å²) in [5.41, 5.74) is 3.56. The van der Waals surface area contributed by atoms with Crippen molar-refractivity contribution in [3.8, 4) is 11.4 Å². The van der Waals surface area contributed by atoms with E-state index in [-0.39, 0.29) is 0 Å². The average molecular weight is 406 g/mol. The van der Waals surface area contributed by atoms with Gasteiger partial charge >= 0.3 is 6.03 Å². The van der Waals surface area contributed by atoms with E-state index < -0.39 is 6.03 Å². The maximum atomic E-state index is 12.2. The van der Waals surface area contributed by atoms with E-state index in [1.165, 1.54) is 6.20 Å². The molecule has 0 bridgehead atoms. The highest BCUT2D eigenvalue weighted by molar-refractivity contribution is 6.29. The smallest absolute Gasteiger partial charge is 0.323 e. The zero-order valence-corrected chi connectivity index (χ0v) is 15.8.